The minimum absolute atomic E-state index is 0.290. The van der Waals surface area contributed by atoms with E-state index in [9.17, 15) is 4.91 Å². The Labute approximate surface area is 117 Å². The molecule has 0 fully saturated rings. The van der Waals surface area contributed by atoms with Gasteiger partial charge >= 0.3 is 0 Å². The highest BCUT2D eigenvalue weighted by Crippen LogP contribution is 2.34. The summed E-state index contributed by atoms with van der Waals surface area (Å²) in [4.78, 5) is 10.5. The minimum Gasteiger partial charge on any atom is -0.398 e. The summed E-state index contributed by atoms with van der Waals surface area (Å²) in [5.41, 5.74) is 22.2. The molecule has 0 atom stereocenters. The fourth-order valence-corrected chi connectivity index (χ4v) is 2.08. The van der Waals surface area contributed by atoms with Crippen LogP contribution in [0.2, 0.25) is 0 Å². The van der Waals surface area contributed by atoms with Crippen LogP contribution >= 0.6 is 0 Å². The van der Waals surface area contributed by atoms with Gasteiger partial charge in [-0.25, -0.2) is 0 Å². The molecule has 0 spiro atoms. The molecule has 2 aromatic rings. The second kappa shape index (κ2) is 5.44. The molecule has 0 heterocycles. The maximum absolute atomic E-state index is 10.5. The van der Waals surface area contributed by atoms with Crippen LogP contribution in [-0.2, 0) is 0 Å². The SMILES string of the molecule is C/C=C/c1c(N)cc(-c2ccc(N=O)cc2N)cc1N. The summed E-state index contributed by atoms with van der Waals surface area (Å²) in [5.74, 6) is 0. The molecule has 0 bridgehead atoms. The van der Waals surface area contributed by atoms with Crippen LogP contribution in [0.4, 0.5) is 22.7 Å². The molecule has 2 rings (SSSR count). The van der Waals surface area contributed by atoms with Crippen molar-refractivity contribution in [2.75, 3.05) is 17.2 Å². The lowest BCUT2D eigenvalue weighted by Crippen LogP contribution is -1.98. The zero-order valence-corrected chi connectivity index (χ0v) is 11.1. The van der Waals surface area contributed by atoms with E-state index in [0.29, 0.717) is 17.1 Å². The first-order valence-electron chi connectivity index (χ1n) is 6.11. The topological polar surface area (TPSA) is 107 Å². The average molecular weight is 268 g/mol. The molecule has 20 heavy (non-hydrogen) atoms. The van der Waals surface area contributed by atoms with E-state index in [1.807, 2.05) is 31.2 Å². The summed E-state index contributed by atoms with van der Waals surface area (Å²) in [6.07, 6.45) is 3.73. The first kappa shape index (κ1) is 13.6. The number of nitroso groups, excluding NO2 is 1. The number of nitrogens with zero attached hydrogens (tertiary/aromatic N) is 1. The number of nitrogens with two attached hydrogens (primary N) is 3. The van der Waals surface area contributed by atoms with Crippen LogP contribution in [0.3, 0.4) is 0 Å². The third-order valence-electron chi connectivity index (χ3n) is 3.03. The van der Waals surface area contributed by atoms with Crippen LogP contribution in [0.25, 0.3) is 17.2 Å². The summed E-state index contributed by atoms with van der Waals surface area (Å²) < 4.78 is 0. The quantitative estimate of drug-likeness (QED) is 0.584. The summed E-state index contributed by atoms with van der Waals surface area (Å²) in [6, 6.07) is 8.48. The molecule has 0 radical (unpaired) electrons. The Morgan fingerprint density at radius 3 is 2.15 bits per heavy atom. The highest BCUT2D eigenvalue weighted by molar-refractivity contribution is 5.86. The molecule has 0 aliphatic carbocycles. The van der Waals surface area contributed by atoms with E-state index in [4.69, 9.17) is 17.2 Å². The van der Waals surface area contributed by atoms with Crippen molar-refractivity contribution in [1.29, 1.82) is 0 Å². The summed E-state index contributed by atoms with van der Waals surface area (Å²) in [6.45, 7) is 1.90. The lowest BCUT2D eigenvalue weighted by molar-refractivity contribution is 1.49. The highest BCUT2D eigenvalue weighted by Gasteiger charge is 2.09. The zero-order chi connectivity index (χ0) is 14.7. The van der Waals surface area contributed by atoms with Gasteiger partial charge < -0.3 is 17.2 Å². The lowest BCUT2D eigenvalue weighted by Gasteiger charge is -2.11. The van der Waals surface area contributed by atoms with E-state index in [2.05, 4.69) is 5.18 Å². The van der Waals surface area contributed by atoms with Crippen LogP contribution in [0.1, 0.15) is 12.5 Å². The van der Waals surface area contributed by atoms with Crippen molar-refractivity contribution in [3.8, 4) is 11.1 Å². The van der Waals surface area contributed by atoms with Gasteiger partial charge in [0.25, 0.3) is 0 Å². The van der Waals surface area contributed by atoms with Crippen LogP contribution in [0.5, 0.6) is 0 Å². The van der Waals surface area contributed by atoms with Crippen molar-refractivity contribution in [2.24, 2.45) is 5.18 Å². The molecule has 0 saturated heterocycles. The summed E-state index contributed by atoms with van der Waals surface area (Å²) in [7, 11) is 0. The van der Waals surface area contributed by atoms with Gasteiger partial charge in [0, 0.05) is 28.2 Å². The monoisotopic (exact) mass is 268 g/mol. The van der Waals surface area contributed by atoms with Crippen LogP contribution < -0.4 is 17.2 Å². The van der Waals surface area contributed by atoms with Crippen LogP contribution in [0.15, 0.2) is 41.6 Å². The van der Waals surface area contributed by atoms with Gasteiger partial charge in [-0.15, -0.1) is 4.91 Å². The van der Waals surface area contributed by atoms with Crippen molar-refractivity contribution >= 4 is 28.8 Å². The van der Waals surface area contributed by atoms with Gasteiger partial charge in [0.1, 0.15) is 5.69 Å². The molecule has 0 saturated carbocycles. The van der Waals surface area contributed by atoms with Crippen molar-refractivity contribution < 1.29 is 0 Å². The van der Waals surface area contributed by atoms with Crippen molar-refractivity contribution in [3.63, 3.8) is 0 Å². The van der Waals surface area contributed by atoms with E-state index in [0.717, 1.165) is 16.7 Å². The second-order valence-electron chi connectivity index (χ2n) is 4.43. The molecule has 0 unspecified atom stereocenters. The Morgan fingerprint density at radius 1 is 1.00 bits per heavy atom. The number of rotatable bonds is 3. The Hall–Kier alpha value is -2.82. The van der Waals surface area contributed by atoms with Gasteiger partial charge in [0.2, 0.25) is 0 Å². The second-order valence-corrected chi connectivity index (χ2v) is 4.43. The number of hydrogen-bond donors (Lipinski definition) is 3. The number of nitrogen functional groups attached to an aromatic ring is 3. The Kier molecular flexibility index (Phi) is 3.70. The van der Waals surface area contributed by atoms with E-state index < -0.39 is 0 Å². The third kappa shape index (κ3) is 2.47. The van der Waals surface area contributed by atoms with Crippen LogP contribution in [-0.4, -0.2) is 0 Å². The van der Waals surface area contributed by atoms with Gasteiger partial charge in [0.05, 0.1) is 0 Å². The molecule has 5 nitrogen and oxygen atoms in total. The largest absolute Gasteiger partial charge is 0.398 e. The number of allylic oxidation sites excluding steroid dienone is 1. The molecule has 0 amide bonds. The Balaban J connectivity index is 2.56. The maximum Gasteiger partial charge on any atom is 0.110 e. The third-order valence-corrected chi connectivity index (χ3v) is 3.03. The Bertz CT molecular complexity index is 669. The van der Waals surface area contributed by atoms with Gasteiger partial charge in [-0.3, -0.25) is 0 Å². The molecular weight excluding hydrogens is 252 g/mol. The van der Waals surface area contributed by atoms with E-state index >= 15 is 0 Å². The van der Waals surface area contributed by atoms with Gasteiger partial charge in [-0.1, -0.05) is 18.2 Å². The molecular formula is C15H16N4O. The molecule has 2 aromatic carbocycles. The average Bonchev–Trinajstić information content (AvgIpc) is 2.42. The highest BCUT2D eigenvalue weighted by atomic mass is 16.3. The molecule has 5 heteroatoms. The fourth-order valence-electron chi connectivity index (χ4n) is 2.08. The van der Waals surface area contributed by atoms with Crippen molar-refractivity contribution in [1.82, 2.24) is 0 Å². The van der Waals surface area contributed by atoms with E-state index in [1.165, 1.54) is 6.07 Å². The molecule has 6 N–H and O–H groups in total. The molecule has 0 aliphatic heterocycles. The number of anilines is 3. The fraction of sp³-hybridized carbons (Fsp3) is 0.0667. The van der Waals surface area contributed by atoms with Crippen molar-refractivity contribution in [3.05, 3.63) is 46.9 Å². The minimum atomic E-state index is 0.290. The van der Waals surface area contributed by atoms with Gasteiger partial charge in [-0.2, -0.15) is 0 Å². The van der Waals surface area contributed by atoms with Gasteiger partial charge in [-0.05, 0) is 41.9 Å². The normalized spacial score (nSPS) is 10.8. The number of hydrogen-bond acceptors (Lipinski definition) is 5. The van der Waals surface area contributed by atoms with Crippen LogP contribution in [0, 0.1) is 4.91 Å². The summed E-state index contributed by atoms with van der Waals surface area (Å²) in [5, 5.41) is 2.85. The standard InChI is InChI=1S/C15H16N4O/c1-2-3-12-13(16)6-9(7-14(12)17)11-5-4-10(19-20)8-15(11)18/h2-8H,16-18H2,1H3/b3-2+. The first-order chi connectivity index (χ1) is 9.56. The summed E-state index contributed by atoms with van der Waals surface area (Å²) >= 11 is 0. The predicted octanol–water partition coefficient (Wildman–Crippen LogP) is 3.53. The smallest absolute Gasteiger partial charge is 0.110 e. The Morgan fingerprint density at radius 2 is 1.65 bits per heavy atom. The van der Waals surface area contributed by atoms with Gasteiger partial charge in [0.15, 0.2) is 0 Å². The molecule has 102 valence electrons. The first-order valence-corrected chi connectivity index (χ1v) is 6.11. The van der Waals surface area contributed by atoms with E-state index in [1.54, 1.807) is 12.1 Å². The van der Waals surface area contributed by atoms with Crippen molar-refractivity contribution in [2.45, 2.75) is 6.92 Å². The molecule has 0 aromatic heterocycles. The zero-order valence-electron chi connectivity index (χ0n) is 11.1. The molecule has 0 aliphatic rings. The predicted molar refractivity (Wildman–Crippen MR) is 85.3 cm³/mol. The number of benzene rings is 2. The van der Waals surface area contributed by atoms with E-state index in [-0.39, 0.29) is 5.69 Å². The maximum atomic E-state index is 10.5. The lowest BCUT2D eigenvalue weighted by atomic mass is 9.99.